The van der Waals surface area contributed by atoms with Crippen LogP contribution in [0.4, 0.5) is 0 Å². The lowest BCUT2D eigenvalue weighted by Gasteiger charge is -2.20. The van der Waals surface area contributed by atoms with Crippen LogP contribution in [0.5, 0.6) is 0 Å². The van der Waals surface area contributed by atoms with Crippen LogP contribution in [0, 0.1) is 13.8 Å². The van der Waals surface area contributed by atoms with E-state index in [1.807, 2.05) is 26.0 Å². The molecular formula is C24H33ClN2O2S. The zero-order chi connectivity index (χ0) is 20.6. The fourth-order valence-electron chi connectivity index (χ4n) is 4.86. The molecule has 0 N–H and O–H groups in total. The molecule has 0 amide bonds. The Kier molecular flexibility index (Phi) is 7.16. The van der Waals surface area contributed by atoms with Gasteiger partial charge in [0, 0.05) is 17.9 Å². The van der Waals surface area contributed by atoms with Crippen LogP contribution in [0.1, 0.15) is 60.7 Å². The van der Waals surface area contributed by atoms with Crippen LogP contribution in [-0.4, -0.2) is 36.9 Å². The summed E-state index contributed by atoms with van der Waals surface area (Å²) in [6.07, 6.45) is 8.63. The Morgan fingerprint density at radius 1 is 1.00 bits per heavy atom. The number of benzene rings is 1. The minimum absolute atomic E-state index is 0. The highest BCUT2D eigenvalue weighted by Gasteiger charge is 2.29. The van der Waals surface area contributed by atoms with E-state index in [0.29, 0.717) is 4.90 Å². The third-order valence-corrected chi connectivity index (χ3v) is 8.36. The van der Waals surface area contributed by atoms with Gasteiger partial charge in [-0.05, 0) is 88.7 Å². The SMILES string of the molecule is CCc1c2c(n(S(=O)(=O)c3ccc(C)cc3)c1C)CCC(CCN1CCCC1)=C2.Cl. The van der Waals surface area contributed by atoms with Gasteiger partial charge in [-0.3, -0.25) is 0 Å². The lowest BCUT2D eigenvalue weighted by atomic mass is 9.92. The second-order valence-corrected chi connectivity index (χ2v) is 10.2. The summed E-state index contributed by atoms with van der Waals surface area (Å²) in [7, 11) is -3.58. The number of hydrogen-bond acceptors (Lipinski definition) is 3. The predicted octanol–water partition coefficient (Wildman–Crippen LogP) is 5.14. The van der Waals surface area contributed by atoms with E-state index >= 15 is 0 Å². The molecule has 2 aromatic rings. The Morgan fingerprint density at radius 3 is 2.30 bits per heavy atom. The quantitative estimate of drug-likeness (QED) is 0.614. The van der Waals surface area contributed by atoms with Crippen molar-refractivity contribution >= 4 is 28.5 Å². The Morgan fingerprint density at radius 2 is 1.67 bits per heavy atom. The number of rotatable bonds is 6. The molecule has 0 saturated carbocycles. The summed E-state index contributed by atoms with van der Waals surface area (Å²) in [4.78, 5) is 2.92. The second-order valence-electron chi connectivity index (χ2n) is 8.46. The molecular weight excluding hydrogens is 416 g/mol. The summed E-state index contributed by atoms with van der Waals surface area (Å²) < 4.78 is 28.6. The summed E-state index contributed by atoms with van der Waals surface area (Å²) in [6, 6.07) is 7.19. The molecule has 1 saturated heterocycles. The first-order valence-corrected chi connectivity index (χ1v) is 12.3. The van der Waals surface area contributed by atoms with Crippen LogP contribution in [-0.2, 0) is 22.9 Å². The topological polar surface area (TPSA) is 42.3 Å². The molecule has 4 rings (SSSR count). The van der Waals surface area contributed by atoms with Crippen LogP contribution in [0.25, 0.3) is 6.08 Å². The zero-order valence-corrected chi connectivity index (χ0v) is 19.9. The average Bonchev–Trinajstić information content (AvgIpc) is 3.31. The molecule has 0 bridgehead atoms. The van der Waals surface area contributed by atoms with Crippen molar-refractivity contribution in [2.24, 2.45) is 0 Å². The average molecular weight is 449 g/mol. The van der Waals surface area contributed by atoms with Crippen LogP contribution in [0.2, 0.25) is 0 Å². The minimum atomic E-state index is -3.58. The van der Waals surface area contributed by atoms with E-state index in [1.165, 1.54) is 37.1 Å². The fourth-order valence-corrected chi connectivity index (χ4v) is 6.50. The molecule has 2 aliphatic rings. The number of fused-ring (bicyclic) bond motifs is 1. The van der Waals surface area contributed by atoms with Crippen molar-refractivity contribution in [2.45, 2.75) is 64.2 Å². The number of hydrogen-bond donors (Lipinski definition) is 0. The summed E-state index contributed by atoms with van der Waals surface area (Å²) in [5.74, 6) is 0. The van der Waals surface area contributed by atoms with E-state index in [0.717, 1.165) is 54.7 Å². The molecule has 1 aromatic carbocycles. The monoisotopic (exact) mass is 448 g/mol. The predicted molar refractivity (Wildman–Crippen MR) is 126 cm³/mol. The van der Waals surface area contributed by atoms with Gasteiger partial charge >= 0.3 is 0 Å². The molecule has 0 spiro atoms. The van der Waals surface area contributed by atoms with Gasteiger partial charge in [0.1, 0.15) is 0 Å². The zero-order valence-electron chi connectivity index (χ0n) is 18.3. The molecule has 1 aliphatic carbocycles. The van der Waals surface area contributed by atoms with Gasteiger partial charge in [0.2, 0.25) is 0 Å². The van der Waals surface area contributed by atoms with Gasteiger partial charge in [0.25, 0.3) is 10.0 Å². The van der Waals surface area contributed by atoms with Crippen LogP contribution < -0.4 is 0 Å². The second kappa shape index (κ2) is 9.29. The highest BCUT2D eigenvalue weighted by Crippen LogP contribution is 2.35. The van der Waals surface area contributed by atoms with Crippen LogP contribution in [0.15, 0.2) is 34.7 Å². The molecule has 1 aliphatic heterocycles. The summed E-state index contributed by atoms with van der Waals surface area (Å²) in [6.45, 7) is 9.64. The summed E-state index contributed by atoms with van der Waals surface area (Å²) in [5.41, 5.74) is 6.69. The lowest BCUT2D eigenvalue weighted by molar-refractivity contribution is 0.342. The molecule has 4 nitrogen and oxygen atoms in total. The maximum Gasteiger partial charge on any atom is 0.268 e. The molecule has 2 heterocycles. The van der Waals surface area contributed by atoms with Gasteiger partial charge in [-0.25, -0.2) is 12.4 Å². The number of likely N-dealkylation sites (tertiary alicyclic amines) is 1. The maximum absolute atomic E-state index is 13.5. The number of aryl methyl sites for hydroxylation is 1. The van der Waals surface area contributed by atoms with Gasteiger partial charge in [-0.2, -0.15) is 0 Å². The number of halogens is 1. The normalized spacial score (nSPS) is 16.8. The van der Waals surface area contributed by atoms with Crippen molar-refractivity contribution < 1.29 is 8.42 Å². The third-order valence-electron chi connectivity index (χ3n) is 6.51. The van der Waals surface area contributed by atoms with Gasteiger partial charge in [0.05, 0.1) is 4.90 Å². The molecule has 30 heavy (non-hydrogen) atoms. The van der Waals surface area contributed by atoms with E-state index in [1.54, 1.807) is 16.1 Å². The molecule has 6 heteroatoms. The van der Waals surface area contributed by atoms with Crippen molar-refractivity contribution in [3.63, 3.8) is 0 Å². The van der Waals surface area contributed by atoms with Crippen LogP contribution >= 0.6 is 12.4 Å². The van der Waals surface area contributed by atoms with Crippen LogP contribution in [0.3, 0.4) is 0 Å². The van der Waals surface area contributed by atoms with E-state index < -0.39 is 10.0 Å². The molecule has 0 radical (unpaired) electrons. The lowest BCUT2D eigenvalue weighted by Crippen LogP contribution is -2.21. The van der Waals surface area contributed by atoms with E-state index in [4.69, 9.17) is 0 Å². The summed E-state index contributed by atoms with van der Waals surface area (Å²) in [5, 5.41) is 0. The van der Waals surface area contributed by atoms with E-state index in [2.05, 4.69) is 17.9 Å². The van der Waals surface area contributed by atoms with Crippen molar-refractivity contribution in [1.29, 1.82) is 0 Å². The molecule has 0 unspecified atom stereocenters. The van der Waals surface area contributed by atoms with Gasteiger partial charge in [0.15, 0.2) is 0 Å². The fraction of sp³-hybridized carbons (Fsp3) is 0.500. The van der Waals surface area contributed by atoms with E-state index in [-0.39, 0.29) is 12.4 Å². The Balaban J connectivity index is 0.00000256. The first-order chi connectivity index (χ1) is 13.9. The molecule has 0 atom stereocenters. The molecule has 1 aromatic heterocycles. The maximum atomic E-state index is 13.5. The Labute approximate surface area is 187 Å². The van der Waals surface area contributed by atoms with E-state index in [9.17, 15) is 8.42 Å². The largest absolute Gasteiger partial charge is 0.303 e. The standard InChI is InChI=1S/C24H32N2O2S.ClH/c1-4-22-19(3)26(29(27,28)21-10-7-18(2)8-11-21)24-12-9-20(17-23(22)24)13-16-25-14-5-6-15-25;/h7-8,10-11,17H,4-6,9,12-16H2,1-3H3;1H. The van der Waals surface area contributed by atoms with Gasteiger partial charge in [-0.15, -0.1) is 12.4 Å². The number of nitrogens with zero attached hydrogens (tertiary/aromatic N) is 2. The molecule has 164 valence electrons. The highest BCUT2D eigenvalue weighted by atomic mass is 35.5. The minimum Gasteiger partial charge on any atom is -0.303 e. The molecule has 1 fully saturated rings. The van der Waals surface area contributed by atoms with Crippen molar-refractivity contribution in [3.05, 3.63) is 57.9 Å². The van der Waals surface area contributed by atoms with Gasteiger partial charge in [-0.1, -0.05) is 36.3 Å². The number of aromatic nitrogens is 1. The smallest absolute Gasteiger partial charge is 0.268 e. The Bertz CT molecular complexity index is 1030. The van der Waals surface area contributed by atoms with Crippen molar-refractivity contribution in [1.82, 2.24) is 8.87 Å². The Hall–Kier alpha value is -1.56. The highest BCUT2D eigenvalue weighted by molar-refractivity contribution is 7.90. The first-order valence-electron chi connectivity index (χ1n) is 10.9. The summed E-state index contributed by atoms with van der Waals surface area (Å²) >= 11 is 0. The van der Waals surface area contributed by atoms with Gasteiger partial charge < -0.3 is 4.90 Å². The third kappa shape index (κ3) is 4.25. The van der Waals surface area contributed by atoms with Crippen molar-refractivity contribution in [2.75, 3.05) is 19.6 Å². The first kappa shape index (κ1) is 23.1. The van der Waals surface area contributed by atoms with Crippen molar-refractivity contribution in [3.8, 4) is 0 Å².